The molecule has 5 nitrogen and oxygen atoms in total. The number of hydrogen-bond acceptors (Lipinski definition) is 3. The predicted molar refractivity (Wildman–Crippen MR) is 136 cm³/mol. The van der Waals surface area contributed by atoms with E-state index in [1.807, 2.05) is 87.5 Å². The molecule has 0 spiro atoms. The Balaban J connectivity index is 1.81. The van der Waals surface area contributed by atoms with Crippen LogP contribution in [0.4, 0.5) is 0 Å². The summed E-state index contributed by atoms with van der Waals surface area (Å²) in [6.07, 6.45) is 1.34. The third-order valence-corrected chi connectivity index (χ3v) is 6.58. The summed E-state index contributed by atoms with van der Waals surface area (Å²) in [5.41, 5.74) is 0.965. The molecule has 2 amide bonds. The van der Waals surface area contributed by atoms with Crippen molar-refractivity contribution in [1.82, 2.24) is 10.2 Å². The molecule has 0 aliphatic heterocycles. The van der Waals surface area contributed by atoms with Gasteiger partial charge in [-0.1, -0.05) is 74.5 Å². The van der Waals surface area contributed by atoms with E-state index in [4.69, 9.17) is 4.74 Å². The minimum absolute atomic E-state index is 0.0463. The second kappa shape index (κ2) is 11.8. The highest BCUT2D eigenvalue weighted by atomic mass is 79.9. The second-order valence-corrected chi connectivity index (χ2v) is 8.93. The zero-order chi connectivity index (χ0) is 23.8. The maximum atomic E-state index is 13.4. The van der Waals surface area contributed by atoms with Crippen molar-refractivity contribution in [2.24, 2.45) is 0 Å². The molecule has 0 fully saturated rings. The molecule has 0 saturated carbocycles. The average molecular weight is 511 g/mol. The van der Waals surface area contributed by atoms with E-state index in [1.165, 1.54) is 0 Å². The number of benzene rings is 3. The lowest BCUT2D eigenvalue weighted by Crippen LogP contribution is -2.51. The van der Waals surface area contributed by atoms with Gasteiger partial charge in [-0.15, -0.1) is 0 Å². The summed E-state index contributed by atoms with van der Waals surface area (Å²) in [4.78, 5) is 28.0. The van der Waals surface area contributed by atoms with Gasteiger partial charge in [0.05, 0.1) is 4.47 Å². The summed E-state index contributed by atoms with van der Waals surface area (Å²) in [6, 6.07) is 21.0. The lowest BCUT2D eigenvalue weighted by Gasteiger charge is -2.31. The molecule has 0 heterocycles. The molecule has 0 aliphatic carbocycles. The smallest absolute Gasteiger partial charge is 0.261 e. The first-order chi connectivity index (χ1) is 15.9. The zero-order valence-corrected chi connectivity index (χ0v) is 21.0. The van der Waals surface area contributed by atoms with Crippen molar-refractivity contribution in [3.63, 3.8) is 0 Å². The summed E-state index contributed by atoms with van der Waals surface area (Å²) in [5, 5.41) is 5.12. The molecular weight excluding hydrogens is 480 g/mol. The number of rotatable bonds is 10. The first-order valence-electron chi connectivity index (χ1n) is 11.4. The van der Waals surface area contributed by atoms with E-state index in [9.17, 15) is 9.59 Å². The van der Waals surface area contributed by atoms with Crippen molar-refractivity contribution in [2.75, 3.05) is 6.61 Å². The summed E-state index contributed by atoms with van der Waals surface area (Å²) < 4.78 is 6.74. The highest BCUT2D eigenvalue weighted by molar-refractivity contribution is 9.10. The number of fused-ring (bicyclic) bond motifs is 1. The number of nitrogens with one attached hydrogen (secondary N) is 1. The van der Waals surface area contributed by atoms with Crippen molar-refractivity contribution in [1.29, 1.82) is 0 Å². The number of halogens is 1. The monoisotopic (exact) mass is 510 g/mol. The molecule has 0 aromatic heterocycles. The van der Waals surface area contributed by atoms with E-state index in [0.717, 1.165) is 27.2 Å². The molecule has 174 valence electrons. The minimum atomic E-state index is -0.574. The first-order valence-corrected chi connectivity index (χ1v) is 12.2. The van der Waals surface area contributed by atoms with Gasteiger partial charge in [-0.25, -0.2) is 0 Å². The molecule has 0 radical (unpaired) electrons. The zero-order valence-electron chi connectivity index (χ0n) is 19.4. The van der Waals surface area contributed by atoms with Crippen LogP contribution in [-0.4, -0.2) is 35.4 Å². The fraction of sp³-hybridized carbons (Fsp3) is 0.333. The molecule has 3 rings (SSSR count). The summed E-state index contributed by atoms with van der Waals surface area (Å²) in [6.45, 7) is 6.10. The van der Waals surface area contributed by atoms with Crippen LogP contribution in [0, 0.1) is 0 Å². The van der Waals surface area contributed by atoms with E-state index in [2.05, 4.69) is 21.2 Å². The van der Waals surface area contributed by atoms with Crippen LogP contribution in [0.15, 0.2) is 71.2 Å². The van der Waals surface area contributed by atoms with E-state index >= 15 is 0 Å². The summed E-state index contributed by atoms with van der Waals surface area (Å²) >= 11 is 3.61. The SMILES string of the molecule is CC[C@@H](C)NC(=O)[C@H](CC)N(Cc1ccccc1)C(=O)COc1ccc2ccccc2c1Br. The highest BCUT2D eigenvalue weighted by Gasteiger charge is 2.29. The van der Waals surface area contributed by atoms with Crippen molar-refractivity contribution >= 4 is 38.5 Å². The molecule has 3 aromatic rings. The molecule has 1 N–H and O–H groups in total. The number of amides is 2. The van der Waals surface area contributed by atoms with E-state index in [-0.39, 0.29) is 24.5 Å². The fourth-order valence-electron chi connectivity index (χ4n) is 3.69. The maximum Gasteiger partial charge on any atom is 0.261 e. The molecule has 3 aromatic carbocycles. The van der Waals surface area contributed by atoms with Gasteiger partial charge in [0, 0.05) is 12.6 Å². The standard InChI is InChI=1S/C27H31BrN2O3/c1-4-19(3)29-27(32)23(5-2)30(17-20-11-7-6-8-12-20)25(31)18-33-24-16-15-21-13-9-10-14-22(21)26(24)28/h6-16,19,23H,4-5,17-18H2,1-3H3,(H,29,32)/t19-,23+/m1/s1. The van der Waals surface area contributed by atoms with Gasteiger partial charge in [-0.05, 0) is 58.1 Å². The maximum absolute atomic E-state index is 13.4. The number of hydrogen-bond donors (Lipinski definition) is 1. The second-order valence-electron chi connectivity index (χ2n) is 8.14. The number of carbonyl (C=O) groups excluding carboxylic acids is 2. The molecule has 0 aliphatic rings. The summed E-state index contributed by atoms with van der Waals surface area (Å²) in [7, 11) is 0. The number of nitrogens with zero attached hydrogens (tertiary/aromatic N) is 1. The topological polar surface area (TPSA) is 58.6 Å². The Morgan fingerprint density at radius 2 is 1.67 bits per heavy atom. The van der Waals surface area contributed by atoms with Gasteiger partial charge in [0.1, 0.15) is 11.8 Å². The molecular formula is C27H31BrN2O3. The molecule has 0 unspecified atom stereocenters. The fourth-order valence-corrected chi connectivity index (χ4v) is 4.30. The van der Waals surface area contributed by atoms with E-state index in [0.29, 0.717) is 18.7 Å². The first kappa shape index (κ1) is 24.8. The van der Waals surface area contributed by atoms with Gasteiger partial charge in [0.2, 0.25) is 5.91 Å². The van der Waals surface area contributed by atoms with Gasteiger partial charge in [-0.3, -0.25) is 9.59 Å². The lowest BCUT2D eigenvalue weighted by atomic mass is 10.1. The van der Waals surface area contributed by atoms with E-state index in [1.54, 1.807) is 4.90 Å². The average Bonchev–Trinajstić information content (AvgIpc) is 2.84. The number of carbonyl (C=O) groups is 2. The van der Waals surface area contributed by atoms with Crippen LogP contribution < -0.4 is 10.1 Å². The van der Waals surface area contributed by atoms with Gasteiger partial charge in [0.25, 0.3) is 5.91 Å². The van der Waals surface area contributed by atoms with Gasteiger partial charge in [-0.2, -0.15) is 0 Å². The van der Waals surface area contributed by atoms with Crippen LogP contribution in [0.5, 0.6) is 5.75 Å². The highest BCUT2D eigenvalue weighted by Crippen LogP contribution is 2.33. The molecule has 0 bridgehead atoms. The normalized spacial score (nSPS) is 12.7. The predicted octanol–water partition coefficient (Wildman–Crippen LogP) is 5.70. The molecule has 33 heavy (non-hydrogen) atoms. The van der Waals surface area contributed by atoms with Crippen molar-refractivity contribution in [3.05, 3.63) is 76.8 Å². The largest absolute Gasteiger partial charge is 0.483 e. The Kier molecular flexibility index (Phi) is 8.89. The van der Waals surface area contributed by atoms with Crippen molar-refractivity contribution in [3.8, 4) is 5.75 Å². The number of ether oxygens (including phenoxy) is 1. The van der Waals surface area contributed by atoms with Crippen LogP contribution in [0.25, 0.3) is 10.8 Å². The van der Waals surface area contributed by atoms with Crippen LogP contribution in [-0.2, 0) is 16.1 Å². The molecule has 0 saturated heterocycles. The van der Waals surface area contributed by atoms with Crippen LogP contribution in [0.1, 0.15) is 39.2 Å². The Bertz CT molecular complexity index is 1090. The summed E-state index contributed by atoms with van der Waals surface area (Å²) in [5.74, 6) is 0.229. The van der Waals surface area contributed by atoms with Crippen LogP contribution >= 0.6 is 15.9 Å². The van der Waals surface area contributed by atoms with E-state index < -0.39 is 6.04 Å². The Morgan fingerprint density at radius 1 is 0.970 bits per heavy atom. The third kappa shape index (κ3) is 6.35. The third-order valence-electron chi connectivity index (χ3n) is 5.76. The van der Waals surface area contributed by atoms with Gasteiger partial charge < -0.3 is 15.0 Å². The Hall–Kier alpha value is -2.86. The van der Waals surface area contributed by atoms with Crippen molar-refractivity contribution < 1.29 is 14.3 Å². The lowest BCUT2D eigenvalue weighted by molar-refractivity contribution is -0.143. The van der Waals surface area contributed by atoms with Gasteiger partial charge >= 0.3 is 0 Å². The van der Waals surface area contributed by atoms with Crippen LogP contribution in [0.2, 0.25) is 0 Å². The van der Waals surface area contributed by atoms with Crippen LogP contribution in [0.3, 0.4) is 0 Å². The molecule has 2 atom stereocenters. The van der Waals surface area contributed by atoms with Gasteiger partial charge in [0.15, 0.2) is 6.61 Å². The minimum Gasteiger partial charge on any atom is -0.483 e. The Labute approximate surface area is 204 Å². The quantitative estimate of drug-likeness (QED) is 0.380. The molecule has 6 heteroatoms. The van der Waals surface area contributed by atoms with Crippen molar-refractivity contribution in [2.45, 2.75) is 52.2 Å². The Morgan fingerprint density at radius 3 is 2.36 bits per heavy atom.